The van der Waals surface area contributed by atoms with Crippen molar-refractivity contribution < 1.29 is 24.2 Å². The van der Waals surface area contributed by atoms with E-state index in [-0.39, 0.29) is 11.3 Å². The van der Waals surface area contributed by atoms with E-state index in [1.165, 1.54) is 13.0 Å². The molecule has 7 nitrogen and oxygen atoms in total. The summed E-state index contributed by atoms with van der Waals surface area (Å²) in [5.74, 6) is -1.33. The fourth-order valence-electron chi connectivity index (χ4n) is 2.92. The van der Waals surface area contributed by atoms with Gasteiger partial charge in [0.2, 0.25) is 0 Å². The number of hydrogen-bond donors (Lipinski definition) is 2. The summed E-state index contributed by atoms with van der Waals surface area (Å²) in [6.45, 7) is 6.26. The van der Waals surface area contributed by atoms with Crippen LogP contribution >= 0.6 is 0 Å². The van der Waals surface area contributed by atoms with Gasteiger partial charge >= 0.3 is 5.97 Å². The average molecular weight is 384 g/mol. The van der Waals surface area contributed by atoms with E-state index < -0.39 is 18.0 Å². The Morgan fingerprint density at radius 3 is 2.50 bits per heavy atom. The van der Waals surface area contributed by atoms with Crippen molar-refractivity contribution in [2.75, 3.05) is 36.5 Å². The van der Waals surface area contributed by atoms with Crippen LogP contribution in [0.15, 0.2) is 42.5 Å². The van der Waals surface area contributed by atoms with Gasteiger partial charge < -0.3 is 24.8 Å². The van der Waals surface area contributed by atoms with Gasteiger partial charge in [-0.25, -0.2) is 4.79 Å². The molecule has 1 heterocycles. The number of ether oxygens (including phenoxy) is 2. The van der Waals surface area contributed by atoms with Crippen LogP contribution in [0.4, 0.5) is 11.4 Å². The van der Waals surface area contributed by atoms with E-state index in [2.05, 4.69) is 10.2 Å². The van der Waals surface area contributed by atoms with Gasteiger partial charge in [-0.15, -0.1) is 0 Å². The Hall–Kier alpha value is -3.06. The topological polar surface area (TPSA) is 88.1 Å². The predicted molar refractivity (Wildman–Crippen MR) is 106 cm³/mol. The predicted octanol–water partition coefficient (Wildman–Crippen LogP) is 2.72. The first-order chi connectivity index (χ1) is 13.5. The second kappa shape index (κ2) is 8.75. The standard InChI is InChI=1S/C21H24N2O5/c1-14-4-3-5-18(19(14)24)21(26)28-15(2)20(25)22-16-6-8-17(9-7-16)23-10-12-27-13-11-23/h3-9,15,24H,10-13H2,1-2H3,(H,22,25). The Kier molecular flexibility index (Phi) is 6.16. The number of carbonyl (C=O) groups excluding carboxylic acids is 2. The summed E-state index contributed by atoms with van der Waals surface area (Å²) in [6, 6.07) is 12.3. The number of carbonyl (C=O) groups is 2. The van der Waals surface area contributed by atoms with Crippen molar-refractivity contribution in [1.82, 2.24) is 0 Å². The van der Waals surface area contributed by atoms with Crippen LogP contribution in [0.2, 0.25) is 0 Å². The lowest BCUT2D eigenvalue weighted by Gasteiger charge is -2.28. The zero-order valence-electron chi connectivity index (χ0n) is 16.0. The van der Waals surface area contributed by atoms with E-state index in [4.69, 9.17) is 9.47 Å². The van der Waals surface area contributed by atoms with Gasteiger partial charge in [0, 0.05) is 24.5 Å². The molecule has 0 radical (unpaired) electrons. The SMILES string of the molecule is Cc1cccc(C(=O)OC(C)C(=O)Nc2ccc(N3CCOCC3)cc2)c1O. The molecule has 7 heteroatoms. The average Bonchev–Trinajstić information content (AvgIpc) is 2.71. The second-order valence-electron chi connectivity index (χ2n) is 6.65. The normalized spacial score (nSPS) is 15.0. The number of phenolic OH excluding ortho intramolecular Hbond substituents is 1. The van der Waals surface area contributed by atoms with Crippen LogP contribution < -0.4 is 10.2 Å². The number of aryl methyl sites for hydroxylation is 1. The Labute approximate surface area is 163 Å². The van der Waals surface area contributed by atoms with E-state index in [1.807, 2.05) is 24.3 Å². The lowest BCUT2D eigenvalue weighted by atomic mass is 10.1. The fraction of sp³-hybridized carbons (Fsp3) is 0.333. The summed E-state index contributed by atoms with van der Waals surface area (Å²) in [4.78, 5) is 26.8. The first kappa shape index (κ1) is 19.7. The molecule has 1 amide bonds. The highest BCUT2D eigenvalue weighted by molar-refractivity contribution is 5.98. The zero-order chi connectivity index (χ0) is 20.1. The van der Waals surface area contributed by atoms with Crippen molar-refractivity contribution in [3.63, 3.8) is 0 Å². The summed E-state index contributed by atoms with van der Waals surface area (Å²) >= 11 is 0. The first-order valence-corrected chi connectivity index (χ1v) is 9.19. The van der Waals surface area contributed by atoms with E-state index in [1.54, 1.807) is 19.1 Å². The molecule has 148 valence electrons. The Balaban J connectivity index is 1.57. The summed E-state index contributed by atoms with van der Waals surface area (Å²) in [6.07, 6.45) is -1.01. The number of aromatic hydroxyl groups is 1. The molecule has 1 saturated heterocycles. The number of amides is 1. The van der Waals surface area contributed by atoms with Crippen molar-refractivity contribution in [2.45, 2.75) is 20.0 Å². The number of anilines is 2. The van der Waals surface area contributed by atoms with Crippen molar-refractivity contribution in [3.8, 4) is 5.75 Å². The minimum atomic E-state index is -1.01. The lowest BCUT2D eigenvalue weighted by Crippen LogP contribution is -2.36. The zero-order valence-corrected chi connectivity index (χ0v) is 16.0. The van der Waals surface area contributed by atoms with E-state index in [0.717, 1.165) is 18.8 Å². The molecule has 2 N–H and O–H groups in total. The van der Waals surface area contributed by atoms with Crippen molar-refractivity contribution in [1.29, 1.82) is 0 Å². The van der Waals surface area contributed by atoms with Crippen LogP contribution in [0.5, 0.6) is 5.75 Å². The number of hydrogen-bond acceptors (Lipinski definition) is 6. The number of rotatable bonds is 5. The Morgan fingerprint density at radius 1 is 1.14 bits per heavy atom. The minimum Gasteiger partial charge on any atom is -0.507 e. The number of phenols is 1. The molecule has 1 unspecified atom stereocenters. The maximum atomic E-state index is 12.3. The number of benzene rings is 2. The maximum Gasteiger partial charge on any atom is 0.342 e. The molecule has 3 rings (SSSR count). The number of para-hydroxylation sites is 1. The highest BCUT2D eigenvalue weighted by atomic mass is 16.5. The van der Waals surface area contributed by atoms with E-state index >= 15 is 0 Å². The molecule has 0 aromatic heterocycles. The second-order valence-corrected chi connectivity index (χ2v) is 6.65. The molecule has 0 spiro atoms. The molecule has 0 saturated carbocycles. The number of morpholine rings is 1. The van der Waals surface area contributed by atoms with E-state index in [0.29, 0.717) is 24.5 Å². The van der Waals surface area contributed by atoms with Crippen molar-refractivity contribution in [2.24, 2.45) is 0 Å². The van der Waals surface area contributed by atoms with Crippen LogP contribution in [0.3, 0.4) is 0 Å². The minimum absolute atomic E-state index is 0.0366. The third kappa shape index (κ3) is 4.61. The van der Waals surface area contributed by atoms with Gasteiger partial charge in [0.25, 0.3) is 5.91 Å². The lowest BCUT2D eigenvalue weighted by molar-refractivity contribution is -0.123. The monoisotopic (exact) mass is 384 g/mol. The fourth-order valence-corrected chi connectivity index (χ4v) is 2.92. The summed E-state index contributed by atoms with van der Waals surface area (Å²) in [7, 11) is 0. The van der Waals surface area contributed by atoms with Gasteiger partial charge in [-0.3, -0.25) is 4.79 Å². The van der Waals surface area contributed by atoms with Crippen molar-refractivity contribution >= 4 is 23.3 Å². The maximum absolute atomic E-state index is 12.3. The Morgan fingerprint density at radius 2 is 1.82 bits per heavy atom. The quantitative estimate of drug-likeness (QED) is 0.771. The summed E-state index contributed by atoms with van der Waals surface area (Å²) in [5, 5.41) is 12.7. The summed E-state index contributed by atoms with van der Waals surface area (Å²) in [5.41, 5.74) is 2.28. The first-order valence-electron chi connectivity index (χ1n) is 9.19. The molecule has 0 bridgehead atoms. The third-order valence-corrected chi connectivity index (χ3v) is 4.62. The van der Waals surface area contributed by atoms with Crippen LogP contribution in [0, 0.1) is 6.92 Å². The molecule has 1 fully saturated rings. The largest absolute Gasteiger partial charge is 0.507 e. The van der Waals surface area contributed by atoms with Gasteiger partial charge in [0.05, 0.1) is 13.2 Å². The van der Waals surface area contributed by atoms with Gasteiger partial charge in [0.1, 0.15) is 11.3 Å². The van der Waals surface area contributed by atoms with Gasteiger partial charge in [-0.05, 0) is 49.7 Å². The molecule has 1 aliphatic heterocycles. The molecule has 0 aliphatic carbocycles. The molecule has 2 aromatic carbocycles. The molecular formula is C21H24N2O5. The molecule has 1 aliphatic rings. The van der Waals surface area contributed by atoms with Gasteiger partial charge in [-0.2, -0.15) is 0 Å². The Bertz CT molecular complexity index is 844. The summed E-state index contributed by atoms with van der Waals surface area (Å²) < 4.78 is 10.5. The molecule has 2 aromatic rings. The number of esters is 1. The van der Waals surface area contributed by atoms with E-state index in [9.17, 15) is 14.7 Å². The molecule has 1 atom stereocenters. The third-order valence-electron chi connectivity index (χ3n) is 4.62. The van der Waals surface area contributed by atoms with Crippen molar-refractivity contribution in [3.05, 3.63) is 53.6 Å². The number of nitrogens with zero attached hydrogens (tertiary/aromatic N) is 1. The highest BCUT2D eigenvalue weighted by Crippen LogP contribution is 2.23. The smallest absolute Gasteiger partial charge is 0.342 e. The van der Waals surface area contributed by atoms with Gasteiger partial charge in [0.15, 0.2) is 6.10 Å². The number of nitrogens with one attached hydrogen (secondary N) is 1. The van der Waals surface area contributed by atoms with Gasteiger partial charge in [-0.1, -0.05) is 12.1 Å². The van der Waals surface area contributed by atoms with Crippen LogP contribution in [0.25, 0.3) is 0 Å². The highest BCUT2D eigenvalue weighted by Gasteiger charge is 2.21. The van der Waals surface area contributed by atoms with Crippen LogP contribution in [-0.2, 0) is 14.3 Å². The molecular weight excluding hydrogens is 360 g/mol. The van der Waals surface area contributed by atoms with Crippen LogP contribution in [-0.4, -0.2) is 49.4 Å². The van der Waals surface area contributed by atoms with Crippen LogP contribution in [0.1, 0.15) is 22.8 Å². The molecule has 28 heavy (non-hydrogen) atoms.